The van der Waals surface area contributed by atoms with Crippen molar-refractivity contribution in [2.24, 2.45) is 0 Å². The minimum Gasteiger partial charge on any atom is -0.456 e. The lowest BCUT2D eigenvalue weighted by molar-refractivity contribution is -0.148. The lowest BCUT2D eigenvalue weighted by Gasteiger charge is -2.07. The maximum absolute atomic E-state index is 11.4. The van der Waals surface area contributed by atoms with Crippen molar-refractivity contribution in [3.05, 3.63) is 0 Å². The molecule has 1 saturated heterocycles. The van der Waals surface area contributed by atoms with Gasteiger partial charge in [0.05, 0.1) is 6.61 Å². The second kappa shape index (κ2) is 10.4. The van der Waals surface area contributed by atoms with Crippen LogP contribution in [0.15, 0.2) is 0 Å². The molecule has 1 aliphatic rings. The van der Waals surface area contributed by atoms with Crippen molar-refractivity contribution in [1.82, 2.24) is 5.32 Å². The third-order valence-corrected chi connectivity index (χ3v) is 5.69. The highest BCUT2D eigenvalue weighted by Gasteiger charge is 2.16. The third-order valence-electron chi connectivity index (χ3n) is 2.68. The molecule has 0 aliphatic carbocycles. The fourth-order valence-electron chi connectivity index (χ4n) is 1.67. The van der Waals surface area contributed by atoms with E-state index < -0.39 is 0 Å². The molecule has 1 rings (SSSR count). The van der Waals surface area contributed by atoms with Crippen LogP contribution < -0.4 is 5.32 Å². The van der Waals surface area contributed by atoms with Crippen molar-refractivity contribution < 1.29 is 19.4 Å². The van der Waals surface area contributed by atoms with Gasteiger partial charge in [-0.3, -0.25) is 9.59 Å². The summed E-state index contributed by atoms with van der Waals surface area (Å²) in [7, 11) is 3.88. The summed E-state index contributed by atoms with van der Waals surface area (Å²) in [5, 5.41) is 11.7. The van der Waals surface area contributed by atoms with E-state index in [2.05, 4.69) is 5.32 Å². The summed E-state index contributed by atoms with van der Waals surface area (Å²) in [4.78, 5) is 22.5. The Morgan fingerprint density at radius 3 is 2.89 bits per heavy atom. The largest absolute Gasteiger partial charge is 0.456 e. The Labute approximate surface area is 121 Å². The summed E-state index contributed by atoms with van der Waals surface area (Å²) >= 11 is 0. The Kier molecular flexibility index (Phi) is 9.11. The van der Waals surface area contributed by atoms with E-state index >= 15 is 0 Å². The molecular weight excluding hydrogens is 286 g/mol. The molecule has 0 aromatic rings. The van der Waals surface area contributed by atoms with Crippen LogP contribution in [0, 0.1) is 0 Å². The van der Waals surface area contributed by atoms with Crippen molar-refractivity contribution in [3.8, 4) is 0 Å². The molecule has 0 aromatic heterocycles. The van der Waals surface area contributed by atoms with E-state index in [4.69, 9.17) is 9.84 Å². The van der Waals surface area contributed by atoms with Gasteiger partial charge in [-0.15, -0.1) is 0 Å². The molecule has 0 bridgehead atoms. The number of carbonyl (C=O) groups is 2. The molecule has 0 aromatic carbocycles. The summed E-state index contributed by atoms with van der Waals surface area (Å²) < 4.78 is 4.83. The number of aliphatic hydroxyl groups excluding tert-OH is 1. The highest BCUT2D eigenvalue weighted by molar-refractivity contribution is 8.77. The SMILES string of the molecule is O=C(COC(=O)CCCCC1CCSS1)NCCO. The van der Waals surface area contributed by atoms with Gasteiger partial charge >= 0.3 is 5.97 Å². The van der Waals surface area contributed by atoms with Crippen LogP contribution in [0.4, 0.5) is 0 Å². The minimum atomic E-state index is -0.373. The number of hydrogen-bond donors (Lipinski definition) is 2. The number of nitrogens with one attached hydrogen (secondary N) is 1. The average Bonchev–Trinajstić information content (AvgIpc) is 2.92. The van der Waals surface area contributed by atoms with Gasteiger partial charge in [0.15, 0.2) is 6.61 Å². The fraction of sp³-hybridized carbons (Fsp3) is 0.833. The molecule has 2 N–H and O–H groups in total. The molecule has 5 nitrogen and oxygen atoms in total. The van der Waals surface area contributed by atoms with E-state index in [9.17, 15) is 9.59 Å². The molecule has 1 fully saturated rings. The normalized spacial score (nSPS) is 18.3. The third kappa shape index (κ3) is 8.39. The van der Waals surface area contributed by atoms with Gasteiger partial charge in [0, 0.05) is 24.0 Å². The maximum atomic E-state index is 11.4. The van der Waals surface area contributed by atoms with Crippen molar-refractivity contribution >= 4 is 33.5 Å². The predicted molar refractivity (Wildman–Crippen MR) is 78.0 cm³/mol. The van der Waals surface area contributed by atoms with E-state index in [1.165, 1.54) is 12.2 Å². The Bertz CT molecular complexity index is 283. The van der Waals surface area contributed by atoms with Gasteiger partial charge in [-0.25, -0.2) is 0 Å². The molecule has 110 valence electrons. The lowest BCUT2D eigenvalue weighted by atomic mass is 10.1. The van der Waals surface area contributed by atoms with Gasteiger partial charge < -0.3 is 15.2 Å². The standard InChI is InChI=1S/C12H21NO4S2/c14-7-6-13-11(15)9-17-12(16)4-2-1-3-10-5-8-18-19-10/h10,14H,1-9H2,(H,13,15). The Balaban J connectivity index is 1.93. The smallest absolute Gasteiger partial charge is 0.306 e. The van der Waals surface area contributed by atoms with Gasteiger partial charge in [0.1, 0.15) is 0 Å². The van der Waals surface area contributed by atoms with Crippen LogP contribution in [0.5, 0.6) is 0 Å². The highest BCUT2D eigenvalue weighted by atomic mass is 33.1. The van der Waals surface area contributed by atoms with Crippen molar-refractivity contribution in [1.29, 1.82) is 0 Å². The zero-order chi connectivity index (χ0) is 13.9. The molecule has 1 amide bonds. The second-order valence-electron chi connectivity index (χ2n) is 4.31. The first-order valence-corrected chi connectivity index (χ1v) is 8.92. The second-order valence-corrected chi connectivity index (χ2v) is 7.10. The lowest BCUT2D eigenvalue weighted by Crippen LogP contribution is -2.30. The first-order chi connectivity index (χ1) is 9.22. The molecule has 1 atom stereocenters. The molecule has 1 heterocycles. The number of carbonyl (C=O) groups excluding carboxylic acids is 2. The molecule has 0 saturated carbocycles. The van der Waals surface area contributed by atoms with Crippen LogP contribution in [0.2, 0.25) is 0 Å². The summed E-state index contributed by atoms with van der Waals surface area (Å²) in [6, 6.07) is 0. The summed E-state index contributed by atoms with van der Waals surface area (Å²) in [6.07, 6.45) is 4.65. The summed E-state index contributed by atoms with van der Waals surface area (Å²) in [5.74, 6) is 0.537. The van der Waals surface area contributed by atoms with Gasteiger partial charge in [0.2, 0.25) is 0 Å². The van der Waals surface area contributed by atoms with Crippen molar-refractivity contribution in [2.75, 3.05) is 25.5 Å². The van der Waals surface area contributed by atoms with Crippen LogP contribution in [0.25, 0.3) is 0 Å². The van der Waals surface area contributed by atoms with Gasteiger partial charge in [-0.05, 0) is 19.3 Å². The Morgan fingerprint density at radius 1 is 1.37 bits per heavy atom. The number of unbranched alkanes of at least 4 members (excludes halogenated alkanes) is 1. The number of amides is 1. The molecule has 1 unspecified atom stereocenters. The van der Waals surface area contributed by atoms with Crippen molar-refractivity contribution in [3.63, 3.8) is 0 Å². The van der Waals surface area contributed by atoms with Crippen LogP contribution in [-0.4, -0.2) is 47.7 Å². The molecule has 0 spiro atoms. The molecule has 0 radical (unpaired) electrons. The van der Waals surface area contributed by atoms with Crippen molar-refractivity contribution in [2.45, 2.75) is 37.4 Å². The number of aliphatic hydroxyl groups is 1. The van der Waals surface area contributed by atoms with Crippen LogP contribution in [0.1, 0.15) is 32.1 Å². The highest BCUT2D eigenvalue weighted by Crippen LogP contribution is 2.39. The quantitative estimate of drug-likeness (QED) is 0.380. The zero-order valence-electron chi connectivity index (χ0n) is 10.9. The number of rotatable bonds is 9. The monoisotopic (exact) mass is 307 g/mol. The van der Waals surface area contributed by atoms with E-state index in [-0.39, 0.29) is 31.6 Å². The Morgan fingerprint density at radius 2 is 2.21 bits per heavy atom. The van der Waals surface area contributed by atoms with E-state index in [1.807, 2.05) is 21.6 Å². The van der Waals surface area contributed by atoms with E-state index in [0.29, 0.717) is 6.42 Å². The first kappa shape index (κ1) is 16.7. The molecule has 7 heteroatoms. The topological polar surface area (TPSA) is 75.6 Å². The number of ether oxygens (including phenoxy) is 1. The number of hydrogen-bond acceptors (Lipinski definition) is 6. The fourth-order valence-corrected chi connectivity index (χ4v) is 4.70. The maximum Gasteiger partial charge on any atom is 0.306 e. The van der Waals surface area contributed by atoms with Gasteiger partial charge in [-0.1, -0.05) is 28.0 Å². The first-order valence-electron chi connectivity index (χ1n) is 6.54. The summed E-state index contributed by atoms with van der Waals surface area (Å²) in [5.41, 5.74) is 0. The Hall–Kier alpha value is -0.400. The number of esters is 1. The van der Waals surface area contributed by atoms with Gasteiger partial charge in [-0.2, -0.15) is 0 Å². The minimum absolute atomic E-state index is 0.114. The molecule has 19 heavy (non-hydrogen) atoms. The zero-order valence-corrected chi connectivity index (χ0v) is 12.6. The predicted octanol–water partition coefficient (Wildman–Crippen LogP) is 1.35. The van der Waals surface area contributed by atoms with Crippen LogP contribution in [-0.2, 0) is 14.3 Å². The van der Waals surface area contributed by atoms with Crippen LogP contribution in [0.3, 0.4) is 0 Å². The van der Waals surface area contributed by atoms with Gasteiger partial charge in [0.25, 0.3) is 5.91 Å². The molecular formula is C12H21NO4S2. The summed E-state index contributed by atoms with van der Waals surface area (Å²) in [6.45, 7) is -0.182. The van der Waals surface area contributed by atoms with Crippen LogP contribution >= 0.6 is 21.6 Å². The van der Waals surface area contributed by atoms with E-state index in [1.54, 1.807) is 0 Å². The average molecular weight is 307 g/mol. The van der Waals surface area contributed by atoms with E-state index in [0.717, 1.165) is 24.5 Å². The molecule has 1 aliphatic heterocycles.